The largest absolute Gasteiger partial charge is 0.508 e. The van der Waals surface area contributed by atoms with Crippen LogP contribution in [0.3, 0.4) is 0 Å². The molecule has 1 rings (SSSR count). The molecule has 0 saturated heterocycles. The highest BCUT2D eigenvalue weighted by Gasteiger charge is 2.20. The van der Waals surface area contributed by atoms with Gasteiger partial charge in [-0.2, -0.15) is 0 Å². The molecule has 84 valence electrons. The molecular formula is C11H18N2O2. The average Bonchev–Trinajstić information content (AvgIpc) is 2.25. The number of benzene rings is 1. The van der Waals surface area contributed by atoms with Crippen molar-refractivity contribution in [1.29, 1.82) is 0 Å². The number of aromatic hydroxyl groups is 1. The van der Waals surface area contributed by atoms with E-state index in [1.165, 1.54) is 0 Å². The predicted molar refractivity (Wildman–Crippen MR) is 59.6 cm³/mol. The number of phenols is 1. The summed E-state index contributed by atoms with van der Waals surface area (Å²) in [6.07, 6.45) is -0.0776. The van der Waals surface area contributed by atoms with Gasteiger partial charge in [0.15, 0.2) is 0 Å². The molecular weight excluding hydrogens is 192 g/mol. The van der Waals surface area contributed by atoms with Gasteiger partial charge in [0.1, 0.15) is 5.75 Å². The number of nitrogens with one attached hydrogen (secondary N) is 1. The fourth-order valence-corrected chi connectivity index (χ4v) is 1.59. The Morgan fingerprint density at radius 2 is 2.07 bits per heavy atom. The van der Waals surface area contributed by atoms with Crippen LogP contribution in [0, 0.1) is 0 Å². The van der Waals surface area contributed by atoms with Crippen molar-refractivity contribution < 1.29 is 10.2 Å². The number of rotatable bonds is 5. The lowest BCUT2D eigenvalue weighted by atomic mass is 9.99. The van der Waals surface area contributed by atoms with Gasteiger partial charge in [0, 0.05) is 11.6 Å². The van der Waals surface area contributed by atoms with Crippen LogP contribution in [0.5, 0.6) is 5.75 Å². The molecule has 15 heavy (non-hydrogen) atoms. The lowest BCUT2D eigenvalue weighted by Crippen LogP contribution is -2.34. The molecule has 4 nitrogen and oxygen atoms in total. The Morgan fingerprint density at radius 3 is 2.60 bits per heavy atom. The minimum atomic E-state index is -0.736. The lowest BCUT2D eigenvalue weighted by Gasteiger charge is -2.22. The fraction of sp³-hybridized carbons (Fsp3) is 0.455. The molecule has 0 spiro atoms. The van der Waals surface area contributed by atoms with Crippen LogP contribution in [-0.2, 0) is 0 Å². The van der Waals surface area contributed by atoms with Crippen LogP contribution in [0.25, 0.3) is 0 Å². The van der Waals surface area contributed by atoms with Crippen LogP contribution >= 0.6 is 0 Å². The topological polar surface area (TPSA) is 78.5 Å². The minimum Gasteiger partial charge on any atom is -0.508 e. The minimum absolute atomic E-state index is 0.113. The number of aliphatic hydroxyl groups is 1. The van der Waals surface area contributed by atoms with Gasteiger partial charge in [-0.25, -0.2) is 0 Å². The van der Waals surface area contributed by atoms with Crippen molar-refractivity contribution in [2.75, 3.05) is 13.6 Å². The molecule has 2 unspecified atom stereocenters. The van der Waals surface area contributed by atoms with E-state index in [0.717, 1.165) is 0 Å². The molecule has 0 heterocycles. The first-order valence-electron chi connectivity index (χ1n) is 5.04. The number of likely N-dealkylation sites (N-methyl/N-ethyl adjacent to an activating group) is 1. The van der Waals surface area contributed by atoms with Gasteiger partial charge in [-0.05, 0) is 26.1 Å². The molecule has 1 aromatic carbocycles. The molecule has 0 aromatic heterocycles. The van der Waals surface area contributed by atoms with Crippen LogP contribution in [-0.4, -0.2) is 29.8 Å². The van der Waals surface area contributed by atoms with E-state index < -0.39 is 6.10 Å². The lowest BCUT2D eigenvalue weighted by molar-refractivity contribution is 0.126. The van der Waals surface area contributed by atoms with Gasteiger partial charge in [-0.3, -0.25) is 0 Å². The number of para-hydroxylation sites is 1. The second-order valence-electron chi connectivity index (χ2n) is 3.48. The van der Waals surface area contributed by atoms with E-state index in [9.17, 15) is 10.2 Å². The van der Waals surface area contributed by atoms with E-state index in [1.54, 1.807) is 31.3 Å². The van der Waals surface area contributed by atoms with E-state index in [1.807, 2.05) is 0 Å². The van der Waals surface area contributed by atoms with Crippen LogP contribution < -0.4 is 11.1 Å². The quantitative estimate of drug-likeness (QED) is 0.566. The molecule has 5 N–H and O–H groups in total. The summed E-state index contributed by atoms with van der Waals surface area (Å²) in [7, 11) is 1.77. The molecule has 2 atom stereocenters. The summed E-state index contributed by atoms with van der Waals surface area (Å²) < 4.78 is 0. The average molecular weight is 210 g/mol. The van der Waals surface area contributed by atoms with Crippen molar-refractivity contribution in [2.24, 2.45) is 5.73 Å². The van der Waals surface area contributed by atoms with Gasteiger partial charge >= 0.3 is 0 Å². The monoisotopic (exact) mass is 210 g/mol. The summed E-state index contributed by atoms with van der Waals surface area (Å²) in [6.45, 7) is 0.496. The van der Waals surface area contributed by atoms with Gasteiger partial charge in [-0.15, -0.1) is 0 Å². The Balaban J connectivity index is 2.82. The Labute approximate surface area is 89.7 Å². The second kappa shape index (κ2) is 5.70. The molecule has 0 aliphatic rings. The van der Waals surface area contributed by atoms with Crippen LogP contribution in [0.2, 0.25) is 0 Å². The number of aliphatic hydroxyl groups excluding tert-OH is 1. The maximum Gasteiger partial charge on any atom is 0.121 e. The van der Waals surface area contributed by atoms with Crippen molar-refractivity contribution in [3.8, 4) is 5.75 Å². The fourth-order valence-electron chi connectivity index (χ4n) is 1.59. The summed E-state index contributed by atoms with van der Waals surface area (Å²) in [5, 5.41) is 22.6. The van der Waals surface area contributed by atoms with Crippen molar-refractivity contribution in [3.05, 3.63) is 29.8 Å². The van der Waals surface area contributed by atoms with Gasteiger partial charge in [-0.1, -0.05) is 18.2 Å². The SMILES string of the molecule is CNC(CCN)C(O)c1ccccc1O. The third-order valence-electron chi connectivity index (χ3n) is 2.48. The van der Waals surface area contributed by atoms with Crippen LogP contribution in [0.15, 0.2) is 24.3 Å². The first-order valence-corrected chi connectivity index (χ1v) is 5.04. The molecule has 4 heteroatoms. The smallest absolute Gasteiger partial charge is 0.121 e. The Hall–Kier alpha value is -1.10. The molecule has 0 aliphatic heterocycles. The van der Waals surface area contributed by atoms with Crippen LogP contribution in [0.4, 0.5) is 0 Å². The second-order valence-corrected chi connectivity index (χ2v) is 3.48. The van der Waals surface area contributed by atoms with Crippen molar-refractivity contribution >= 4 is 0 Å². The van der Waals surface area contributed by atoms with E-state index >= 15 is 0 Å². The van der Waals surface area contributed by atoms with Crippen molar-refractivity contribution in [2.45, 2.75) is 18.6 Å². The summed E-state index contributed by atoms with van der Waals surface area (Å²) in [5.74, 6) is 0.113. The highest BCUT2D eigenvalue weighted by atomic mass is 16.3. The molecule has 0 radical (unpaired) electrons. The zero-order chi connectivity index (χ0) is 11.3. The maximum atomic E-state index is 10.0. The summed E-state index contributed by atoms with van der Waals surface area (Å²) in [5.41, 5.74) is 5.98. The van der Waals surface area contributed by atoms with E-state index in [4.69, 9.17) is 5.73 Å². The number of phenolic OH excluding ortho intramolecular Hbond substituents is 1. The molecule has 0 aliphatic carbocycles. The molecule has 1 aromatic rings. The van der Waals surface area contributed by atoms with Gasteiger partial charge in [0.2, 0.25) is 0 Å². The van der Waals surface area contributed by atoms with Crippen molar-refractivity contribution in [1.82, 2.24) is 5.32 Å². The normalized spacial score (nSPS) is 14.9. The van der Waals surface area contributed by atoms with E-state index in [-0.39, 0.29) is 11.8 Å². The summed E-state index contributed by atoms with van der Waals surface area (Å²) >= 11 is 0. The van der Waals surface area contributed by atoms with Crippen LogP contribution in [0.1, 0.15) is 18.1 Å². The Kier molecular flexibility index (Phi) is 4.55. The summed E-state index contributed by atoms with van der Waals surface area (Å²) in [6, 6.07) is 6.65. The molecule has 0 saturated carbocycles. The number of nitrogens with two attached hydrogens (primary N) is 1. The number of hydrogen-bond acceptors (Lipinski definition) is 4. The van der Waals surface area contributed by atoms with Crippen molar-refractivity contribution in [3.63, 3.8) is 0 Å². The highest BCUT2D eigenvalue weighted by molar-refractivity contribution is 5.34. The Bertz CT molecular complexity index is 304. The summed E-state index contributed by atoms with van der Waals surface area (Å²) in [4.78, 5) is 0. The molecule has 0 amide bonds. The Morgan fingerprint density at radius 1 is 1.40 bits per heavy atom. The van der Waals surface area contributed by atoms with E-state index in [2.05, 4.69) is 5.32 Å². The number of hydrogen-bond donors (Lipinski definition) is 4. The first kappa shape index (κ1) is 12.0. The van der Waals surface area contributed by atoms with Gasteiger partial charge in [0.25, 0.3) is 0 Å². The maximum absolute atomic E-state index is 10.0. The van der Waals surface area contributed by atoms with Gasteiger partial charge < -0.3 is 21.3 Å². The van der Waals surface area contributed by atoms with E-state index in [0.29, 0.717) is 18.5 Å². The zero-order valence-corrected chi connectivity index (χ0v) is 8.85. The third kappa shape index (κ3) is 2.92. The standard InChI is InChI=1S/C11H18N2O2/c1-13-9(6-7-12)11(15)8-4-2-3-5-10(8)14/h2-5,9,11,13-15H,6-7,12H2,1H3. The first-order chi connectivity index (χ1) is 7.20. The zero-order valence-electron chi connectivity index (χ0n) is 8.85. The predicted octanol–water partition coefficient (Wildman–Crippen LogP) is 0.362. The third-order valence-corrected chi connectivity index (χ3v) is 2.48. The van der Waals surface area contributed by atoms with Gasteiger partial charge in [0.05, 0.1) is 6.10 Å². The highest BCUT2D eigenvalue weighted by Crippen LogP contribution is 2.26. The molecule has 0 fully saturated rings. The molecule has 0 bridgehead atoms.